The molecule has 1 atom stereocenters. The Morgan fingerprint density at radius 1 is 0.767 bits per heavy atom. The summed E-state index contributed by atoms with van der Waals surface area (Å²) in [6.07, 6.45) is 2.00. The number of aromatic nitrogens is 1. The fourth-order valence-corrected chi connectivity index (χ4v) is 6.30. The van der Waals surface area contributed by atoms with E-state index in [9.17, 15) is 4.79 Å². The number of fused-ring (bicyclic) bond motifs is 2. The summed E-state index contributed by atoms with van der Waals surface area (Å²) in [5.74, 6) is 1.63. The molecule has 0 radical (unpaired) electrons. The maximum absolute atomic E-state index is 13.8. The first-order valence-corrected chi connectivity index (χ1v) is 14.7. The minimum absolute atomic E-state index is 0.389. The van der Waals surface area contributed by atoms with Crippen LogP contribution in [-0.4, -0.2) is 44.3 Å². The molecule has 0 aliphatic carbocycles. The second-order valence-electron chi connectivity index (χ2n) is 10.4. The molecule has 7 nitrogen and oxygen atoms in total. The Balaban J connectivity index is 1.76. The first-order chi connectivity index (χ1) is 21.0. The van der Waals surface area contributed by atoms with E-state index in [0.29, 0.717) is 29.4 Å². The molecule has 3 aromatic carbocycles. The van der Waals surface area contributed by atoms with Crippen LogP contribution in [-0.2, 0) is 10.3 Å². The van der Waals surface area contributed by atoms with Crippen molar-refractivity contribution in [3.63, 3.8) is 0 Å². The predicted molar refractivity (Wildman–Crippen MR) is 169 cm³/mol. The lowest BCUT2D eigenvalue weighted by molar-refractivity contribution is 0.0231. The van der Waals surface area contributed by atoms with Gasteiger partial charge in [-0.3, -0.25) is 0 Å². The van der Waals surface area contributed by atoms with Crippen molar-refractivity contribution in [1.29, 1.82) is 0 Å². The molecule has 0 saturated heterocycles. The van der Waals surface area contributed by atoms with Gasteiger partial charge in [0.1, 0.15) is 17.2 Å². The van der Waals surface area contributed by atoms with Gasteiger partial charge in [0, 0.05) is 58.8 Å². The monoisotopic (exact) mass is 576 g/mol. The van der Waals surface area contributed by atoms with Crippen molar-refractivity contribution in [1.82, 2.24) is 4.40 Å². The van der Waals surface area contributed by atoms with Crippen molar-refractivity contribution in [2.24, 2.45) is 0 Å². The normalized spacial score (nSPS) is 15.7. The van der Waals surface area contributed by atoms with E-state index >= 15 is 0 Å². The summed E-state index contributed by atoms with van der Waals surface area (Å²) in [5.41, 5.74) is 5.10. The van der Waals surface area contributed by atoms with Gasteiger partial charge in [0.15, 0.2) is 0 Å². The summed E-state index contributed by atoms with van der Waals surface area (Å²) in [6.45, 7) is 8.39. The first-order valence-electron chi connectivity index (χ1n) is 14.7. The zero-order valence-corrected chi connectivity index (χ0v) is 25.2. The van der Waals surface area contributed by atoms with E-state index in [1.54, 1.807) is 14.2 Å². The number of nitrogens with zero attached hydrogens (tertiary/aromatic N) is 2. The van der Waals surface area contributed by atoms with Gasteiger partial charge in [0.2, 0.25) is 5.60 Å². The number of carbonyl (C=O) groups excluding carboxylic acids is 1. The molecule has 0 bridgehead atoms. The number of carbonyl (C=O) groups is 1. The molecule has 1 unspecified atom stereocenters. The molecule has 0 amide bonds. The van der Waals surface area contributed by atoms with Crippen molar-refractivity contribution in [3.8, 4) is 28.4 Å². The third-order valence-corrected chi connectivity index (χ3v) is 8.25. The van der Waals surface area contributed by atoms with Gasteiger partial charge in [0.25, 0.3) is 0 Å². The Morgan fingerprint density at radius 2 is 1.56 bits per heavy atom. The molecule has 3 heterocycles. The molecule has 0 fully saturated rings. The SMILES string of the molecule is CCOc1cc(N(CC)CC)ccc1C1(c2c(-c3cc(OC)ccc3OC)cc3ccccn23)OC(=O)c2ccccc21. The van der Waals surface area contributed by atoms with Gasteiger partial charge in [-0.05, 0) is 75.4 Å². The van der Waals surface area contributed by atoms with E-state index in [2.05, 4.69) is 41.3 Å². The van der Waals surface area contributed by atoms with Crippen molar-refractivity contribution in [2.75, 3.05) is 38.8 Å². The van der Waals surface area contributed by atoms with Crippen LogP contribution in [0.5, 0.6) is 17.2 Å². The van der Waals surface area contributed by atoms with Crippen LogP contribution in [0.15, 0.2) is 91.1 Å². The number of hydrogen-bond acceptors (Lipinski definition) is 6. The quantitative estimate of drug-likeness (QED) is 0.162. The van der Waals surface area contributed by atoms with Crippen LogP contribution in [0.3, 0.4) is 0 Å². The summed E-state index contributed by atoms with van der Waals surface area (Å²) in [4.78, 5) is 16.0. The molecule has 0 N–H and O–H groups in total. The van der Waals surface area contributed by atoms with Gasteiger partial charge in [-0.2, -0.15) is 0 Å². The lowest BCUT2D eigenvalue weighted by Crippen LogP contribution is -2.33. The van der Waals surface area contributed by atoms with Crippen LogP contribution in [0.25, 0.3) is 16.6 Å². The average molecular weight is 577 g/mol. The summed E-state index contributed by atoms with van der Waals surface area (Å²) in [5, 5.41) is 0. The first kappa shape index (κ1) is 28.2. The topological polar surface area (TPSA) is 61.6 Å². The van der Waals surface area contributed by atoms with Crippen molar-refractivity contribution in [2.45, 2.75) is 26.4 Å². The van der Waals surface area contributed by atoms with E-state index in [-0.39, 0.29) is 5.97 Å². The van der Waals surface area contributed by atoms with Crippen molar-refractivity contribution >= 4 is 17.2 Å². The number of benzene rings is 3. The number of ether oxygens (including phenoxy) is 4. The third-order valence-electron chi connectivity index (χ3n) is 8.25. The molecular weight excluding hydrogens is 540 g/mol. The molecule has 6 rings (SSSR count). The number of hydrogen-bond donors (Lipinski definition) is 0. The fourth-order valence-electron chi connectivity index (χ4n) is 6.30. The molecule has 1 aliphatic rings. The third kappa shape index (κ3) is 4.47. The fraction of sp³-hybridized carbons (Fsp3) is 0.250. The summed E-state index contributed by atoms with van der Waals surface area (Å²) < 4.78 is 26.6. The highest BCUT2D eigenvalue weighted by Gasteiger charge is 2.53. The summed E-state index contributed by atoms with van der Waals surface area (Å²) >= 11 is 0. The number of pyridine rings is 1. The minimum atomic E-state index is -1.34. The van der Waals surface area contributed by atoms with Gasteiger partial charge in [-0.1, -0.05) is 24.3 Å². The Hall–Kier alpha value is -4.91. The van der Waals surface area contributed by atoms with E-state index in [4.69, 9.17) is 18.9 Å². The second-order valence-corrected chi connectivity index (χ2v) is 10.4. The Bertz CT molecular complexity index is 1810. The van der Waals surface area contributed by atoms with Gasteiger partial charge >= 0.3 is 5.97 Å². The molecule has 1 aliphatic heterocycles. The number of cyclic esters (lactones) is 1. The Morgan fingerprint density at radius 3 is 2.30 bits per heavy atom. The molecule has 220 valence electrons. The highest BCUT2D eigenvalue weighted by atomic mass is 16.6. The Kier molecular flexibility index (Phi) is 7.48. The molecule has 5 aromatic rings. The smallest absolute Gasteiger partial charge is 0.340 e. The molecule has 0 spiro atoms. The Labute approximate surface area is 252 Å². The molecule has 7 heteroatoms. The lowest BCUT2D eigenvalue weighted by atomic mass is 9.79. The molecule has 0 saturated carbocycles. The van der Waals surface area contributed by atoms with Crippen molar-refractivity contribution in [3.05, 3.63) is 114 Å². The maximum Gasteiger partial charge on any atom is 0.340 e. The van der Waals surface area contributed by atoms with Crippen LogP contribution < -0.4 is 19.1 Å². The number of rotatable bonds is 10. The highest BCUT2D eigenvalue weighted by molar-refractivity contribution is 5.97. The zero-order valence-electron chi connectivity index (χ0n) is 25.2. The van der Waals surface area contributed by atoms with Crippen LogP contribution in [0, 0.1) is 0 Å². The highest BCUT2D eigenvalue weighted by Crippen LogP contribution is 2.54. The van der Waals surface area contributed by atoms with Crippen LogP contribution in [0.4, 0.5) is 5.69 Å². The lowest BCUT2D eigenvalue weighted by Gasteiger charge is -2.33. The van der Waals surface area contributed by atoms with E-state index in [0.717, 1.165) is 52.2 Å². The van der Waals surface area contributed by atoms with Gasteiger partial charge < -0.3 is 28.2 Å². The maximum atomic E-state index is 13.8. The van der Waals surface area contributed by atoms with Gasteiger partial charge in [-0.15, -0.1) is 0 Å². The zero-order chi connectivity index (χ0) is 30.1. The standard InChI is InChI=1S/C36H36N2O5/c1-6-37(7-2)24-16-18-31(33(22-24)42-8-3)36(30-15-10-9-14-27(30)35(39)43-36)34-29(21-25-13-11-12-20-38(25)34)28-23-26(40-4)17-19-32(28)41-5/h9-23H,6-8H2,1-5H3. The number of methoxy groups -OCH3 is 2. The van der Waals surface area contributed by atoms with Crippen LogP contribution in [0.2, 0.25) is 0 Å². The van der Waals surface area contributed by atoms with Crippen LogP contribution >= 0.6 is 0 Å². The summed E-state index contributed by atoms with van der Waals surface area (Å²) in [7, 11) is 3.30. The van der Waals surface area contributed by atoms with Gasteiger partial charge in [-0.25, -0.2) is 4.79 Å². The van der Waals surface area contributed by atoms with Gasteiger partial charge in [0.05, 0.1) is 32.1 Å². The predicted octanol–water partition coefficient (Wildman–Crippen LogP) is 7.33. The van der Waals surface area contributed by atoms with Crippen molar-refractivity contribution < 1.29 is 23.7 Å². The molecule has 43 heavy (non-hydrogen) atoms. The second kappa shape index (κ2) is 11.4. The van der Waals surface area contributed by atoms with E-state index in [1.807, 2.05) is 79.9 Å². The van der Waals surface area contributed by atoms with Crippen LogP contribution in [0.1, 0.15) is 48.0 Å². The summed E-state index contributed by atoms with van der Waals surface area (Å²) in [6, 6.07) is 27.7. The minimum Gasteiger partial charge on any atom is -0.497 e. The van der Waals surface area contributed by atoms with E-state index in [1.165, 1.54) is 0 Å². The van der Waals surface area contributed by atoms with E-state index < -0.39 is 5.60 Å². The number of anilines is 1. The average Bonchev–Trinajstić information content (AvgIpc) is 3.57. The molecule has 2 aromatic heterocycles. The largest absolute Gasteiger partial charge is 0.497 e. The number of esters is 1. The molecular formula is C36H36N2O5.